The Bertz CT molecular complexity index is 1260. The van der Waals surface area contributed by atoms with Gasteiger partial charge < -0.3 is 19.2 Å². The summed E-state index contributed by atoms with van der Waals surface area (Å²) in [5.74, 6) is 0.302. The maximum absolute atomic E-state index is 13.2. The smallest absolute Gasteiger partial charge is 0.262 e. The number of para-hydroxylation sites is 2. The fourth-order valence-corrected chi connectivity index (χ4v) is 3.40. The number of anilines is 1. The van der Waals surface area contributed by atoms with E-state index in [-0.39, 0.29) is 18.2 Å². The van der Waals surface area contributed by atoms with Crippen molar-refractivity contribution in [1.29, 1.82) is 0 Å². The normalized spacial score (nSPS) is 10.7. The predicted molar refractivity (Wildman–Crippen MR) is 123 cm³/mol. The van der Waals surface area contributed by atoms with E-state index in [1.165, 1.54) is 0 Å². The zero-order valence-electron chi connectivity index (χ0n) is 17.3. The van der Waals surface area contributed by atoms with Crippen molar-refractivity contribution < 1.29 is 23.5 Å². The zero-order chi connectivity index (χ0) is 22.5. The molecule has 162 valence electrons. The Morgan fingerprint density at radius 2 is 1.66 bits per heavy atom. The summed E-state index contributed by atoms with van der Waals surface area (Å²) >= 11 is 6.07. The molecule has 1 heterocycles. The van der Waals surface area contributed by atoms with Gasteiger partial charge in [-0.3, -0.25) is 9.59 Å². The standard InChI is InChI=1S/C25H20ClNO5/c1-2-30-17-13-11-16(12-14-17)24(29)25-23(18-7-3-5-9-20(18)32-25)27-22(28)15-31-21-10-6-4-8-19(21)26/h3-14H,2,15H2,1H3,(H,27,28). The Balaban J connectivity index is 1.59. The third-order valence-corrected chi connectivity index (χ3v) is 5.00. The second-order valence-electron chi connectivity index (χ2n) is 6.86. The lowest BCUT2D eigenvalue weighted by Crippen LogP contribution is -2.21. The molecule has 3 aromatic carbocycles. The van der Waals surface area contributed by atoms with Crippen LogP contribution in [0.3, 0.4) is 0 Å². The highest BCUT2D eigenvalue weighted by Crippen LogP contribution is 2.33. The number of ketones is 1. The van der Waals surface area contributed by atoms with Gasteiger partial charge in [0, 0.05) is 10.9 Å². The van der Waals surface area contributed by atoms with Crippen molar-refractivity contribution in [3.8, 4) is 11.5 Å². The lowest BCUT2D eigenvalue weighted by molar-refractivity contribution is -0.118. The number of carbonyl (C=O) groups is 2. The molecule has 0 spiro atoms. The number of hydrogen-bond donors (Lipinski definition) is 1. The fourth-order valence-electron chi connectivity index (χ4n) is 3.21. The van der Waals surface area contributed by atoms with Crippen LogP contribution in [-0.2, 0) is 4.79 Å². The Hall–Kier alpha value is -3.77. The van der Waals surface area contributed by atoms with E-state index in [9.17, 15) is 9.59 Å². The van der Waals surface area contributed by atoms with Gasteiger partial charge in [0.15, 0.2) is 12.4 Å². The van der Waals surface area contributed by atoms with Crippen molar-refractivity contribution in [2.24, 2.45) is 0 Å². The zero-order valence-corrected chi connectivity index (χ0v) is 18.0. The molecule has 0 aliphatic heterocycles. The number of halogens is 1. The van der Waals surface area contributed by atoms with Crippen LogP contribution >= 0.6 is 11.6 Å². The molecule has 0 unspecified atom stereocenters. The van der Waals surface area contributed by atoms with Crippen molar-refractivity contribution >= 4 is 39.9 Å². The molecule has 1 N–H and O–H groups in total. The van der Waals surface area contributed by atoms with Crippen LogP contribution in [-0.4, -0.2) is 24.9 Å². The Labute approximate surface area is 189 Å². The minimum atomic E-state index is -0.447. The van der Waals surface area contributed by atoms with Crippen LogP contribution in [0.2, 0.25) is 5.02 Å². The average Bonchev–Trinajstić information content (AvgIpc) is 3.17. The summed E-state index contributed by atoms with van der Waals surface area (Å²) in [6.07, 6.45) is 0. The van der Waals surface area contributed by atoms with Crippen LogP contribution < -0.4 is 14.8 Å². The molecule has 0 radical (unpaired) electrons. The van der Waals surface area contributed by atoms with Gasteiger partial charge in [-0.1, -0.05) is 35.9 Å². The molecule has 32 heavy (non-hydrogen) atoms. The number of benzene rings is 3. The molecule has 7 heteroatoms. The second-order valence-corrected chi connectivity index (χ2v) is 7.26. The number of carbonyl (C=O) groups excluding carboxylic acids is 2. The highest BCUT2D eigenvalue weighted by atomic mass is 35.5. The van der Waals surface area contributed by atoms with Crippen molar-refractivity contribution in [2.75, 3.05) is 18.5 Å². The van der Waals surface area contributed by atoms with Crippen LogP contribution in [0.5, 0.6) is 11.5 Å². The maximum atomic E-state index is 13.2. The number of ether oxygens (including phenoxy) is 2. The summed E-state index contributed by atoms with van der Waals surface area (Å²) in [5, 5.41) is 3.78. The van der Waals surface area contributed by atoms with Crippen LogP contribution in [0.15, 0.2) is 77.2 Å². The monoisotopic (exact) mass is 449 g/mol. The third-order valence-electron chi connectivity index (χ3n) is 4.69. The molecular weight excluding hydrogens is 430 g/mol. The van der Waals surface area contributed by atoms with Gasteiger partial charge in [0.1, 0.15) is 17.1 Å². The summed E-state index contributed by atoms with van der Waals surface area (Å²) in [7, 11) is 0. The van der Waals surface area contributed by atoms with Crippen LogP contribution in [0, 0.1) is 0 Å². The highest BCUT2D eigenvalue weighted by Gasteiger charge is 2.23. The first-order valence-corrected chi connectivity index (χ1v) is 10.4. The molecule has 0 bridgehead atoms. The van der Waals surface area contributed by atoms with Gasteiger partial charge in [-0.15, -0.1) is 0 Å². The molecule has 0 fully saturated rings. The molecule has 0 atom stereocenters. The molecule has 0 saturated carbocycles. The van der Waals surface area contributed by atoms with E-state index in [0.29, 0.717) is 45.3 Å². The summed E-state index contributed by atoms with van der Waals surface area (Å²) in [5.41, 5.74) is 1.20. The van der Waals surface area contributed by atoms with Gasteiger partial charge in [0.2, 0.25) is 5.78 Å². The number of hydrogen-bond acceptors (Lipinski definition) is 5. The van der Waals surface area contributed by atoms with Crippen molar-refractivity contribution in [3.05, 3.63) is 89.1 Å². The van der Waals surface area contributed by atoms with Gasteiger partial charge in [0.25, 0.3) is 5.91 Å². The molecule has 4 rings (SSSR count). The van der Waals surface area contributed by atoms with E-state index >= 15 is 0 Å². The summed E-state index contributed by atoms with van der Waals surface area (Å²) in [4.78, 5) is 25.8. The van der Waals surface area contributed by atoms with E-state index in [1.807, 2.05) is 6.92 Å². The van der Waals surface area contributed by atoms with Crippen molar-refractivity contribution in [2.45, 2.75) is 6.92 Å². The summed E-state index contributed by atoms with van der Waals surface area (Å²) < 4.78 is 16.8. The quantitative estimate of drug-likeness (QED) is 0.347. The van der Waals surface area contributed by atoms with Gasteiger partial charge in [-0.05, 0) is 55.5 Å². The summed E-state index contributed by atoms with van der Waals surface area (Å²) in [6, 6.07) is 20.7. The topological polar surface area (TPSA) is 77.8 Å². The predicted octanol–water partition coefficient (Wildman–Crippen LogP) is 5.73. The number of amides is 1. The SMILES string of the molecule is CCOc1ccc(C(=O)c2oc3ccccc3c2NC(=O)COc2ccccc2Cl)cc1. The maximum Gasteiger partial charge on any atom is 0.262 e. The van der Waals surface area contributed by atoms with Gasteiger partial charge in [-0.2, -0.15) is 0 Å². The number of furan rings is 1. The third kappa shape index (κ3) is 4.60. The Kier molecular flexibility index (Phi) is 6.42. The first kappa shape index (κ1) is 21.5. The molecular formula is C25H20ClNO5. The molecule has 0 aliphatic carbocycles. The fraction of sp³-hybridized carbons (Fsp3) is 0.120. The van der Waals surface area contributed by atoms with Crippen molar-refractivity contribution in [1.82, 2.24) is 0 Å². The van der Waals surface area contributed by atoms with Gasteiger partial charge >= 0.3 is 0 Å². The molecule has 4 aromatic rings. The molecule has 6 nitrogen and oxygen atoms in total. The van der Waals surface area contributed by atoms with Crippen LogP contribution in [0.25, 0.3) is 11.0 Å². The number of rotatable bonds is 8. The van der Waals surface area contributed by atoms with Crippen molar-refractivity contribution in [3.63, 3.8) is 0 Å². The average molecular weight is 450 g/mol. The molecule has 0 aliphatic rings. The number of nitrogens with one attached hydrogen (secondary N) is 1. The van der Waals surface area contributed by atoms with E-state index in [0.717, 1.165) is 0 Å². The highest BCUT2D eigenvalue weighted by molar-refractivity contribution is 6.32. The van der Waals surface area contributed by atoms with E-state index in [2.05, 4.69) is 5.32 Å². The van der Waals surface area contributed by atoms with Gasteiger partial charge in [-0.25, -0.2) is 0 Å². The summed E-state index contributed by atoms with van der Waals surface area (Å²) in [6.45, 7) is 2.14. The molecule has 1 aromatic heterocycles. The lowest BCUT2D eigenvalue weighted by Gasteiger charge is -2.09. The minimum absolute atomic E-state index is 0.0430. The van der Waals surface area contributed by atoms with E-state index in [4.69, 9.17) is 25.5 Å². The Morgan fingerprint density at radius 1 is 0.938 bits per heavy atom. The first-order valence-electron chi connectivity index (χ1n) is 10.0. The molecule has 0 saturated heterocycles. The van der Waals surface area contributed by atoms with Crippen LogP contribution in [0.4, 0.5) is 5.69 Å². The largest absolute Gasteiger partial charge is 0.494 e. The first-order chi connectivity index (χ1) is 15.6. The van der Waals surface area contributed by atoms with E-state index in [1.54, 1.807) is 72.8 Å². The molecule has 1 amide bonds. The van der Waals surface area contributed by atoms with Gasteiger partial charge in [0.05, 0.1) is 17.3 Å². The number of fused-ring (bicyclic) bond motifs is 1. The Morgan fingerprint density at radius 3 is 2.41 bits per heavy atom. The van der Waals surface area contributed by atoms with E-state index < -0.39 is 5.91 Å². The van der Waals surface area contributed by atoms with Crippen LogP contribution in [0.1, 0.15) is 23.0 Å². The lowest BCUT2D eigenvalue weighted by atomic mass is 10.1. The minimum Gasteiger partial charge on any atom is -0.494 e. The second kappa shape index (κ2) is 9.58.